The van der Waals surface area contributed by atoms with Gasteiger partial charge in [0.15, 0.2) is 0 Å². The van der Waals surface area contributed by atoms with Gasteiger partial charge in [0.05, 0.1) is 15.2 Å². The van der Waals surface area contributed by atoms with E-state index in [1.54, 1.807) is 22.3 Å². The summed E-state index contributed by atoms with van der Waals surface area (Å²) in [6, 6.07) is 0. The summed E-state index contributed by atoms with van der Waals surface area (Å²) in [5.41, 5.74) is 8.57. The molecule has 2 saturated carbocycles. The average Bonchev–Trinajstić information content (AvgIpc) is 3.06. The van der Waals surface area contributed by atoms with E-state index in [0.29, 0.717) is 0 Å². The topological polar surface area (TPSA) is 0 Å². The van der Waals surface area contributed by atoms with Crippen LogP contribution in [0.4, 0.5) is 0 Å². The molecule has 0 radical (unpaired) electrons. The van der Waals surface area contributed by atoms with Gasteiger partial charge in [-0.1, -0.05) is 63.3 Å². The Labute approximate surface area is 163 Å². The van der Waals surface area contributed by atoms with Crippen molar-refractivity contribution in [2.45, 2.75) is 101 Å². The second kappa shape index (κ2) is 7.09. The predicted octanol–water partition coefficient (Wildman–Crippen LogP) is 7.88. The third-order valence-corrected chi connectivity index (χ3v) is 27.7. The molecule has 26 heavy (non-hydrogen) atoms. The van der Waals surface area contributed by atoms with Crippen molar-refractivity contribution in [1.29, 1.82) is 0 Å². The molecule has 4 rings (SSSR count). The molecule has 0 atom stereocenters. The standard InChI is InChI=1S/C24H38Si2/c1-25(2,23-15-19-11-7-5-8-12-20(19)16-23)26(3,4)24-17-21-13-9-6-10-14-22(21)18-24/h15-18,23-24H,5-14H2,1-4H3. The van der Waals surface area contributed by atoms with Crippen molar-refractivity contribution in [1.82, 2.24) is 0 Å². The third kappa shape index (κ3) is 3.22. The molecule has 0 amide bonds. The first kappa shape index (κ1) is 18.7. The Morgan fingerprint density at radius 2 is 0.769 bits per heavy atom. The van der Waals surface area contributed by atoms with Gasteiger partial charge in [0.2, 0.25) is 0 Å². The smallest absolute Gasteiger partial charge is 0.0540 e. The Morgan fingerprint density at radius 3 is 1.04 bits per heavy atom. The molecule has 0 saturated heterocycles. The minimum atomic E-state index is -1.35. The lowest BCUT2D eigenvalue weighted by molar-refractivity contribution is 0.717. The predicted molar refractivity (Wildman–Crippen MR) is 121 cm³/mol. The van der Waals surface area contributed by atoms with Gasteiger partial charge in [0.1, 0.15) is 0 Å². The first-order valence-electron chi connectivity index (χ1n) is 11.2. The van der Waals surface area contributed by atoms with Crippen LogP contribution in [0, 0.1) is 0 Å². The van der Waals surface area contributed by atoms with E-state index in [1.807, 2.05) is 0 Å². The van der Waals surface area contributed by atoms with Gasteiger partial charge in [-0.2, -0.15) is 0 Å². The maximum atomic E-state index is 2.74. The summed E-state index contributed by atoms with van der Waals surface area (Å²) < 4.78 is 0. The van der Waals surface area contributed by atoms with Gasteiger partial charge in [0.25, 0.3) is 0 Å². The lowest BCUT2D eigenvalue weighted by Gasteiger charge is -2.44. The third-order valence-electron chi connectivity index (χ3n) is 8.46. The molecule has 2 heteroatoms. The zero-order chi connectivity index (χ0) is 18.4. The minimum Gasteiger partial charge on any atom is -0.0771 e. The van der Waals surface area contributed by atoms with E-state index in [2.05, 4.69) is 50.5 Å². The second-order valence-corrected chi connectivity index (χ2v) is 26.3. The van der Waals surface area contributed by atoms with Crippen LogP contribution < -0.4 is 0 Å². The first-order valence-corrected chi connectivity index (χ1v) is 18.4. The molecule has 0 heterocycles. The summed E-state index contributed by atoms with van der Waals surface area (Å²) in [4.78, 5) is 0. The normalized spacial score (nSPS) is 25.5. The van der Waals surface area contributed by atoms with Crippen molar-refractivity contribution in [2.24, 2.45) is 0 Å². The summed E-state index contributed by atoms with van der Waals surface area (Å²) >= 11 is 0. The number of fused-ring (bicyclic) bond motifs is 2. The maximum Gasteiger partial charge on any atom is 0.0540 e. The molecular weight excluding hydrogens is 344 g/mol. The van der Waals surface area contributed by atoms with Gasteiger partial charge >= 0.3 is 0 Å². The number of hydrogen-bond donors (Lipinski definition) is 0. The van der Waals surface area contributed by atoms with E-state index in [9.17, 15) is 0 Å². The molecule has 0 aromatic rings. The van der Waals surface area contributed by atoms with Gasteiger partial charge in [-0.25, -0.2) is 0 Å². The molecule has 0 aromatic carbocycles. The van der Waals surface area contributed by atoms with Crippen LogP contribution in [-0.4, -0.2) is 15.2 Å². The summed E-state index contributed by atoms with van der Waals surface area (Å²) in [6.07, 6.45) is 24.9. The van der Waals surface area contributed by atoms with Crippen molar-refractivity contribution in [3.63, 3.8) is 0 Å². The summed E-state index contributed by atoms with van der Waals surface area (Å²) in [6.45, 7) is 10.9. The van der Waals surface area contributed by atoms with Crippen LogP contribution in [-0.2, 0) is 0 Å². The van der Waals surface area contributed by atoms with Gasteiger partial charge in [0, 0.05) is 0 Å². The molecule has 0 aromatic heterocycles. The molecule has 0 aliphatic heterocycles. The molecule has 0 bridgehead atoms. The van der Waals surface area contributed by atoms with E-state index < -0.39 is 15.2 Å². The van der Waals surface area contributed by atoms with Crippen LogP contribution in [0.2, 0.25) is 37.3 Å². The molecule has 4 aliphatic carbocycles. The molecule has 0 unspecified atom stereocenters. The summed E-state index contributed by atoms with van der Waals surface area (Å²) in [7, 11) is -2.70. The Balaban J connectivity index is 1.59. The fourth-order valence-corrected chi connectivity index (χ4v) is 16.0. The molecule has 0 nitrogen and oxygen atoms in total. The quantitative estimate of drug-likeness (QED) is 0.435. The molecule has 142 valence electrons. The van der Waals surface area contributed by atoms with Gasteiger partial charge in [-0.15, -0.1) is 0 Å². The fourth-order valence-electron chi connectivity index (χ4n) is 5.67. The van der Waals surface area contributed by atoms with Crippen LogP contribution in [0.25, 0.3) is 0 Å². The van der Waals surface area contributed by atoms with Crippen molar-refractivity contribution in [2.75, 3.05) is 0 Å². The highest BCUT2D eigenvalue weighted by Gasteiger charge is 2.50. The highest BCUT2D eigenvalue weighted by atomic mass is 29.3. The highest BCUT2D eigenvalue weighted by Crippen LogP contribution is 2.49. The number of rotatable bonds is 3. The molecule has 4 aliphatic rings. The SMILES string of the molecule is C[Si](C)(C1C=C2CCCCCC2=C1)[Si](C)(C)C1C=C2CCCCCC2=C1. The summed E-state index contributed by atoms with van der Waals surface area (Å²) in [5, 5.41) is 0. The highest BCUT2D eigenvalue weighted by molar-refractivity contribution is 7.42. The molecule has 0 spiro atoms. The lowest BCUT2D eigenvalue weighted by Crippen LogP contribution is -2.59. The van der Waals surface area contributed by atoms with Crippen LogP contribution in [0.15, 0.2) is 46.6 Å². The van der Waals surface area contributed by atoms with Crippen LogP contribution in [0.1, 0.15) is 64.2 Å². The number of allylic oxidation sites excluding steroid dienone is 8. The van der Waals surface area contributed by atoms with E-state index in [1.165, 1.54) is 64.2 Å². The van der Waals surface area contributed by atoms with Gasteiger partial charge in [-0.05, 0) is 84.7 Å². The summed E-state index contributed by atoms with van der Waals surface area (Å²) in [5.74, 6) is 0. The zero-order valence-corrected chi connectivity index (χ0v) is 19.5. The maximum absolute atomic E-state index is 2.74. The van der Waals surface area contributed by atoms with Crippen LogP contribution in [0.3, 0.4) is 0 Å². The van der Waals surface area contributed by atoms with E-state index in [4.69, 9.17) is 0 Å². The zero-order valence-electron chi connectivity index (χ0n) is 17.5. The minimum absolute atomic E-state index is 0.800. The van der Waals surface area contributed by atoms with Crippen molar-refractivity contribution in [3.8, 4) is 0 Å². The number of hydrogen-bond acceptors (Lipinski definition) is 0. The van der Waals surface area contributed by atoms with Crippen molar-refractivity contribution in [3.05, 3.63) is 46.6 Å². The Morgan fingerprint density at radius 1 is 0.500 bits per heavy atom. The Hall–Kier alpha value is -0.606. The molecule has 2 fully saturated rings. The van der Waals surface area contributed by atoms with E-state index in [-0.39, 0.29) is 0 Å². The van der Waals surface area contributed by atoms with Crippen LogP contribution >= 0.6 is 0 Å². The molecular formula is C24H38Si2. The largest absolute Gasteiger partial charge is 0.0771 e. The van der Waals surface area contributed by atoms with Crippen LogP contribution in [0.5, 0.6) is 0 Å². The van der Waals surface area contributed by atoms with Crippen molar-refractivity contribution < 1.29 is 0 Å². The Kier molecular flexibility index (Phi) is 5.11. The average molecular weight is 383 g/mol. The first-order chi connectivity index (χ1) is 12.4. The van der Waals surface area contributed by atoms with E-state index in [0.717, 1.165) is 11.1 Å². The lowest BCUT2D eigenvalue weighted by atomic mass is 10.1. The fraction of sp³-hybridized carbons (Fsp3) is 0.667. The second-order valence-electron chi connectivity index (χ2n) is 10.4. The van der Waals surface area contributed by atoms with Gasteiger partial charge in [-0.3, -0.25) is 0 Å². The van der Waals surface area contributed by atoms with E-state index >= 15 is 0 Å². The van der Waals surface area contributed by atoms with Crippen molar-refractivity contribution >= 4 is 15.2 Å². The van der Waals surface area contributed by atoms with Gasteiger partial charge < -0.3 is 0 Å². The molecule has 0 N–H and O–H groups in total. The monoisotopic (exact) mass is 382 g/mol. The Bertz CT molecular complexity index is 583.